The molecule has 0 aliphatic carbocycles. The van der Waals surface area contributed by atoms with Gasteiger partial charge in [-0.25, -0.2) is 4.98 Å². The van der Waals surface area contributed by atoms with E-state index in [1.807, 2.05) is 0 Å². The molecular weight excluding hydrogens is 186 g/mol. The number of nitrogens with zero attached hydrogens (tertiary/aromatic N) is 1. The number of nitrogens with two attached hydrogens (primary N) is 1. The standard InChI is InChI=1S/C8H15N3OS/c1-2-6(3-4-12)11-8-10-5-7(9)13-8/h5-6,12H,2-4,9H2,1H3,(H,10,11). The molecule has 0 bridgehead atoms. The van der Waals surface area contributed by atoms with Crippen LogP contribution in [0.4, 0.5) is 10.1 Å². The van der Waals surface area contributed by atoms with Crippen molar-refractivity contribution in [3.8, 4) is 0 Å². The van der Waals surface area contributed by atoms with E-state index < -0.39 is 0 Å². The van der Waals surface area contributed by atoms with Crippen LogP contribution in [-0.4, -0.2) is 22.7 Å². The van der Waals surface area contributed by atoms with Gasteiger partial charge in [-0.05, 0) is 12.8 Å². The number of nitrogen functional groups attached to an aromatic ring is 1. The van der Waals surface area contributed by atoms with E-state index in [-0.39, 0.29) is 12.6 Å². The zero-order valence-corrected chi connectivity index (χ0v) is 8.47. The zero-order valence-electron chi connectivity index (χ0n) is 7.66. The Hall–Kier alpha value is -0.810. The summed E-state index contributed by atoms with van der Waals surface area (Å²) in [6.07, 6.45) is 3.36. The first kappa shape index (κ1) is 10.3. The van der Waals surface area contributed by atoms with Crippen LogP contribution in [0.15, 0.2) is 6.20 Å². The van der Waals surface area contributed by atoms with E-state index in [0.29, 0.717) is 5.00 Å². The van der Waals surface area contributed by atoms with Crippen molar-refractivity contribution in [3.05, 3.63) is 6.20 Å². The monoisotopic (exact) mass is 201 g/mol. The van der Waals surface area contributed by atoms with Gasteiger partial charge >= 0.3 is 0 Å². The predicted molar refractivity (Wildman–Crippen MR) is 55.9 cm³/mol. The van der Waals surface area contributed by atoms with Gasteiger partial charge < -0.3 is 16.2 Å². The quantitative estimate of drug-likeness (QED) is 0.671. The highest BCUT2D eigenvalue weighted by molar-refractivity contribution is 7.19. The van der Waals surface area contributed by atoms with Crippen LogP contribution in [0.1, 0.15) is 19.8 Å². The lowest BCUT2D eigenvalue weighted by atomic mass is 10.2. The summed E-state index contributed by atoms with van der Waals surface area (Å²) in [5, 5.41) is 13.5. The zero-order chi connectivity index (χ0) is 9.68. The molecule has 1 aromatic heterocycles. The van der Waals surface area contributed by atoms with Crippen LogP contribution in [0.25, 0.3) is 0 Å². The lowest BCUT2D eigenvalue weighted by Gasteiger charge is -2.13. The van der Waals surface area contributed by atoms with Gasteiger partial charge in [-0.3, -0.25) is 0 Å². The average Bonchev–Trinajstić information content (AvgIpc) is 2.50. The Morgan fingerprint density at radius 2 is 2.54 bits per heavy atom. The summed E-state index contributed by atoms with van der Waals surface area (Å²) in [6.45, 7) is 2.27. The predicted octanol–water partition coefficient (Wildman–Crippen LogP) is 1.30. The van der Waals surface area contributed by atoms with Crippen molar-refractivity contribution in [2.45, 2.75) is 25.8 Å². The number of hydrogen-bond donors (Lipinski definition) is 3. The van der Waals surface area contributed by atoms with Crippen molar-refractivity contribution < 1.29 is 5.11 Å². The topological polar surface area (TPSA) is 71.2 Å². The Kier molecular flexibility index (Phi) is 3.98. The lowest BCUT2D eigenvalue weighted by molar-refractivity contribution is 0.278. The molecule has 1 aromatic rings. The van der Waals surface area contributed by atoms with E-state index in [0.717, 1.165) is 18.0 Å². The molecule has 0 aliphatic heterocycles. The molecule has 0 aromatic carbocycles. The van der Waals surface area contributed by atoms with Crippen molar-refractivity contribution in [1.29, 1.82) is 0 Å². The van der Waals surface area contributed by atoms with Gasteiger partial charge in [-0.1, -0.05) is 18.3 Å². The number of rotatable bonds is 5. The minimum atomic E-state index is 0.201. The third-order valence-electron chi connectivity index (χ3n) is 1.82. The van der Waals surface area contributed by atoms with Crippen LogP contribution in [-0.2, 0) is 0 Å². The lowest BCUT2D eigenvalue weighted by Crippen LogP contribution is -2.19. The maximum absolute atomic E-state index is 8.77. The molecular formula is C8H15N3OS. The molecule has 0 saturated heterocycles. The third-order valence-corrected chi connectivity index (χ3v) is 2.58. The maximum atomic E-state index is 8.77. The molecule has 0 spiro atoms. The number of nitrogens with one attached hydrogen (secondary N) is 1. The third kappa shape index (κ3) is 3.20. The first-order valence-electron chi connectivity index (χ1n) is 4.35. The molecule has 0 radical (unpaired) electrons. The number of aromatic nitrogens is 1. The second-order valence-corrected chi connectivity index (χ2v) is 3.89. The minimum Gasteiger partial charge on any atom is -0.396 e. The molecule has 1 unspecified atom stereocenters. The van der Waals surface area contributed by atoms with Crippen LogP contribution < -0.4 is 11.1 Å². The molecule has 0 fully saturated rings. The second kappa shape index (κ2) is 5.04. The van der Waals surface area contributed by atoms with Crippen molar-refractivity contribution >= 4 is 21.5 Å². The van der Waals surface area contributed by atoms with Crippen LogP contribution in [0.5, 0.6) is 0 Å². The molecule has 4 nitrogen and oxygen atoms in total. The summed E-state index contributed by atoms with van der Waals surface area (Å²) in [5.41, 5.74) is 5.54. The van der Waals surface area contributed by atoms with Crippen molar-refractivity contribution in [2.24, 2.45) is 0 Å². The van der Waals surface area contributed by atoms with Gasteiger partial charge in [0.25, 0.3) is 0 Å². The van der Waals surface area contributed by atoms with E-state index >= 15 is 0 Å². The first-order chi connectivity index (χ1) is 6.26. The summed E-state index contributed by atoms with van der Waals surface area (Å²) >= 11 is 1.43. The maximum Gasteiger partial charge on any atom is 0.184 e. The van der Waals surface area contributed by atoms with Gasteiger partial charge in [0.2, 0.25) is 0 Å². The fraction of sp³-hybridized carbons (Fsp3) is 0.625. The molecule has 0 saturated carbocycles. The molecule has 0 aliphatic rings. The highest BCUT2D eigenvalue weighted by Gasteiger charge is 2.07. The second-order valence-electron chi connectivity index (χ2n) is 2.83. The number of aliphatic hydroxyl groups excluding tert-OH is 1. The largest absolute Gasteiger partial charge is 0.396 e. The number of thiazole rings is 1. The van der Waals surface area contributed by atoms with Crippen molar-refractivity contribution in [1.82, 2.24) is 4.98 Å². The SMILES string of the molecule is CCC(CCO)Nc1ncc(N)s1. The van der Waals surface area contributed by atoms with Gasteiger partial charge in [-0.15, -0.1) is 0 Å². The van der Waals surface area contributed by atoms with Crippen LogP contribution in [0, 0.1) is 0 Å². The molecule has 4 N–H and O–H groups in total. The molecule has 5 heteroatoms. The Balaban J connectivity index is 2.46. The molecule has 1 rings (SSSR count). The van der Waals surface area contributed by atoms with Crippen molar-refractivity contribution in [2.75, 3.05) is 17.7 Å². The van der Waals surface area contributed by atoms with Gasteiger partial charge in [0, 0.05) is 12.6 Å². The summed E-state index contributed by atoms with van der Waals surface area (Å²) in [6, 6.07) is 0.288. The number of aliphatic hydroxyl groups is 1. The summed E-state index contributed by atoms with van der Waals surface area (Å²) < 4.78 is 0. The highest BCUT2D eigenvalue weighted by atomic mass is 32.1. The van der Waals surface area contributed by atoms with E-state index in [2.05, 4.69) is 17.2 Å². The number of hydrogen-bond acceptors (Lipinski definition) is 5. The Morgan fingerprint density at radius 1 is 1.77 bits per heavy atom. The molecule has 0 amide bonds. The van der Waals surface area contributed by atoms with E-state index in [9.17, 15) is 0 Å². The Morgan fingerprint density at radius 3 is 3.00 bits per heavy atom. The van der Waals surface area contributed by atoms with Gasteiger partial charge in [0.1, 0.15) is 5.00 Å². The fourth-order valence-electron chi connectivity index (χ4n) is 1.06. The molecule has 1 atom stereocenters. The summed E-state index contributed by atoms with van der Waals surface area (Å²) in [5.74, 6) is 0. The normalized spacial score (nSPS) is 12.8. The average molecular weight is 201 g/mol. The Bertz CT molecular complexity index is 251. The fourth-order valence-corrected chi connectivity index (χ4v) is 1.72. The summed E-state index contributed by atoms with van der Waals surface area (Å²) in [4.78, 5) is 4.09. The highest BCUT2D eigenvalue weighted by Crippen LogP contribution is 2.21. The number of anilines is 2. The van der Waals surface area contributed by atoms with Crippen LogP contribution in [0.2, 0.25) is 0 Å². The Labute approximate surface area is 81.8 Å². The van der Waals surface area contributed by atoms with Gasteiger partial charge in [0.05, 0.1) is 6.20 Å². The minimum absolute atomic E-state index is 0.201. The molecule has 74 valence electrons. The molecule has 1 heterocycles. The molecule has 13 heavy (non-hydrogen) atoms. The van der Waals surface area contributed by atoms with Crippen molar-refractivity contribution in [3.63, 3.8) is 0 Å². The van der Waals surface area contributed by atoms with Crippen LogP contribution in [0.3, 0.4) is 0 Å². The first-order valence-corrected chi connectivity index (χ1v) is 5.16. The smallest absolute Gasteiger partial charge is 0.184 e. The van der Waals surface area contributed by atoms with E-state index in [4.69, 9.17) is 10.8 Å². The van der Waals surface area contributed by atoms with Gasteiger partial charge in [0.15, 0.2) is 5.13 Å². The van der Waals surface area contributed by atoms with Crippen LogP contribution >= 0.6 is 11.3 Å². The van der Waals surface area contributed by atoms with E-state index in [1.54, 1.807) is 6.20 Å². The van der Waals surface area contributed by atoms with E-state index in [1.165, 1.54) is 11.3 Å². The summed E-state index contributed by atoms with van der Waals surface area (Å²) in [7, 11) is 0. The van der Waals surface area contributed by atoms with Gasteiger partial charge in [-0.2, -0.15) is 0 Å².